The molecule has 0 atom stereocenters. The monoisotopic (exact) mass is 431 g/mol. The number of carbonyl (C=O) groups is 1. The maximum absolute atomic E-state index is 12.6. The molecular weight excluding hydrogens is 406 g/mol. The molecule has 0 aliphatic rings. The number of para-hydroxylation sites is 1. The van der Waals surface area contributed by atoms with Gasteiger partial charge in [0.15, 0.2) is 0 Å². The molecule has 0 unspecified atom stereocenters. The third-order valence-corrected chi connectivity index (χ3v) is 6.08. The zero-order valence-corrected chi connectivity index (χ0v) is 18.5. The second-order valence-electron chi connectivity index (χ2n) is 8.20. The van der Waals surface area contributed by atoms with Crippen molar-refractivity contribution < 1.29 is 4.79 Å². The van der Waals surface area contributed by atoms with E-state index in [4.69, 9.17) is 0 Å². The van der Waals surface area contributed by atoms with Crippen LogP contribution in [0.3, 0.4) is 0 Å². The zero-order valence-electron chi connectivity index (χ0n) is 18.5. The number of hydrogen-bond donors (Lipinski definition) is 1. The van der Waals surface area contributed by atoms with Crippen molar-refractivity contribution in [3.8, 4) is 0 Å². The van der Waals surface area contributed by atoms with Gasteiger partial charge in [0, 0.05) is 28.7 Å². The minimum Gasteiger partial charge on any atom is -0.340 e. The second-order valence-corrected chi connectivity index (χ2v) is 8.20. The van der Waals surface area contributed by atoms with Gasteiger partial charge in [-0.2, -0.15) is 5.10 Å². The van der Waals surface area contributed by atoms with Crippen LogP contribution in [0.15, 0.2) is 102 Å². The van der Waals surface area contributed by atoms with E-state index in [9.17, 15) is 4.79 Å². The van der Waals surface area contributed by atoms with E-state index in [0.717, 1.165) is 45.0 Å². The van der Waals surface area contributed by atoms with E-state index in [1.807, 2.05) is 42.5 Å². The molecule has 1 aromatic heterocycles. The van der Waals surface area contributed by atoms with Gasteiger partial charge in [-0.1, -0.05) is 91.0 Å². The Hall–Kier alpha value is -4.18. The largest absolute Gasteiger partial charge is 0.340 e. The van der Waals surface area contributed by atoms with Crippen LogP contribution in [0.1, 0.15) is 22.4 Å². The van der Waals surface area contributed by atoms with E-state index >= 15 is 0 Å². The van der Waals surface area contributed by atoms with Gasteiger partial charge in [-0.05, 0) is 34.9 Å². The van der Waals surface area contributed by atoms with Crippen LogP contribution in [-0.2, 0) is 17.8 Å². The van der Waals surface area contributed by atoms with Crippen molar-refractivity contribution in [3.63, 3.8) is 0 Å². The first-order valence-electron chi connectivity index (χ1n) is 11.1. The highest BCUT2D eigenvalue weighted by molar-refractivity contribution is 6.01. The fourth-order valence-electron chi connectivity index (χ4n) is 4.42. The molecule has 0 saturated carbocycles. The predicted octanol–water partition coefficient (Wildman–Crippen LogP) is 5.84. The lowest BCUT2D eigenvalue weighted by Crippen LogP contribution is -2.20. The highest BCUT2D eigenvalue weighted by Crippen LogP contribution is 2.25. The summed E-state index contributed by atoms with van der Waals surface area (Å²) < 4.78 is 2.30. The van der Waals surface area contributed by atoms with E-state index in [0.29, 0.717) is 0 Å². The van der Waals surface area contributed by atoms with Crippen LogP contribution in [0.2, 0.25) is 0 Å². The molecular formula is C29H25N3O. The lowest BCUT2D eigenvalue weighted by molar-refractivity contribution is -0.120. The molecule has 0 aliphatic carbocycles. The van der Waals surface area contributed by atoms with Crippen molar-refractivity contribution in [2.24, 2.45) is 5.10 Å². The Bertz CT molecular complexity index is 1460. The van der Waals surface area contributed by atoms with Gasteiger partial charge >= 0.3 is 0 Å². The molecule has 33 heavy (non-hydrogen) atoms. The SMILES string of the molecule is Cc1c(/C=N\NC(=O)Cc2cccc3ccccc23)c2ccccc2n1Cc1ccccc1. The van der Waals surface area contributed by atoms with Gasteiger partial charge in [-0.25, -0.2) is 5.43 Å². The van der Waals surface area contributed by atoms with Crippen molar-refractivity contribution in [1.29, 1.82) is 0 Å². The summed E-state index contributed by atoms with van der Waals surface area (Å²) in [7, 11) is 0. The van der Waals surface area contributed by atoms with Gasteiger partial charge in [0.2, 0.25) is 5.91 Å². The van der Waals surface area contributed by atoms with Gasteiger partial charge in [0.25, 0.3) is 0 Å². The van der Waals surface area contributed by atoms with E-state index in [-0.39, 0.29) is 12.3 Å². The quantitative estimate of drug-likeness (QED) is 0.266. The Kier molecular flexibility index (Phi) is 5.73. The highest BCUT2D eigenvalue weighted by atomic mass is 16.2. The van der Waals surface area contributed by atoms with Crippen molar-refractivity contribution in [1.82, 2.24) is 9.99 Å². The van der Waals surface area contributed by atoms with Crippen molar-refractivity contribution in [2.75, 3.05) is 0 Å². The first-order chi connectivity index (χ1) is 16.2. The Balaban J connectivity index is 1.37. The number of rotatable bonds is 6. The van der Waals surface area contributed by atoms with Gasteiger partial charge in [0.1, 0.15) is 0 Å². The number of hydrogen-bond acceptors (Lipinski definition) is 2. The van der Waals surface area contributed by atoms with Crippen LogP contribution in [0.25, 0.3) is 21.7 Å². The van der Waals surface area contributed by atoms with Crippen LogP contribution in [0.4, 0.5) is 0 Å². The summed E-state index contributed by atoms with van der Waals surface area (Å²) in [6.07, 6.45) is 2.05. The predicted molar refractivity (Wildman–Crippen MR) is 136 cm³/mol. The highest BCUT2D eigenvalue weighted by Gasteiger charge is 2.13. The van der Waals surface area contributed by atoms with Crippen LogP contribution < -0.4 is 5.43 Å². The van der Waals surface area contributed by atoms with E-state index in [1.165, 1.54) is 5.56 Å². The Morgan fingerprint density at radius 2 is 1.55 bits per heavy atom. The molecule has 0 aliphatic heterocycles. The third kappa shape index (κ3) is 4.28. The van der Waals surface area contributed by atoms with Crippen molar-refractivity contribution in [3.05, 3.63) is 119 Å². The van der Waals surface area contributed by atoms with Crippen molar-refractivity contribution >= 4 is 33.8 Å². The second kappa shape index (κ2) is 9.13. The number of hydrazone groups is 1. The first kappa shape index (κ1) is 20.7. The molecule has 5 rings (SSSR count). The van der Waals surface area contributed by atoms with Crippen molar-refractivity contribution in [2.45, 2.75) is 19.9 Å². The summed E-state index contributed by atoms with van der Waals surface area (Å²) in [6.45, 7) is 2.89. The molecule has 0 saturated heterocycles. The minimum absolute atomic E-state index is 0.131. The molecule has 4 heteroatoms. The molecule has 0 spiro atoms. The molecule has 1 heterocycles. The first-order valence-corrected chi connectivity index (χ1v) is 11.1. The maximum atomic E-state index is 12.6. The summed E-state index contributed by atoms with van der Waals surface area (Å²) in [4.78, 5) is 12.6. The Morgan fingerprint density at radius 3 is 2.39 bits per heavy atom. The molecule has 0 fully saturated rings. The van der Waals surface area contributed by atoms with Gasteiger partial charge in [-0.15, -0.1) is 0 Å². The average Bonchev–Trinajstić information content (AvgIpc) is 3.11. The number of aromatic nitrogens is 1. The molecule has 4 nitrogen and oxygen atoms in total. The molecule has 0 bridgehead atoms. The molecule has 5 aromatic rings. The fourth-order valence-corrected chi connectivity index (χ4v) is 4.42. The lowest BCUT2D eigenvalue weighted by atomic mass is 10.0. The van der Waals surface area contributed by atoms with E-state index in [2.05, 4.69) is 76.6 Å². The maximum Gasteiger partial charge on any atom is 0.244 e. The summed E-state index contributed by atoms with van der Waals surface area (Å²) in [5.74, 6) is -0.131. The Morgan fingerprint density at radius 1 is 0.848 bits per heavy atom. The van der Waals surface area contributed by atoms with Crippen LogP contribution in [0.5, 0.6) is 0 Å². The summed E-state index contributed by atoms with van der Waals surface area (Å²) in [5, 5.41) is 7.66. The fraction of sp³-hybridized carbons (Fsp3) is 0.103. The Labute approximate surface area is 193 Å². The van der Waals surface area contributed by atoms with Crippen LogP contribution >= 0.6 is 0 Å². The number of carbonyl (C=O) groups excluding carboxylic acids is 1. The molecule has 1 amide bonds. The van der Waals surface area contributed by atoms with E-state index in [1.54, 1.807) is 6.21 Å². The molecule has 162 valence electrons. The number of nitrogens with one attached hydrogen (secondary N) is 1. The van der Waals surface area contributed by atoms with Crippen LogP contribution in [0, 0.1) is 6.92 Å². The standard InChI is InChI=1S/C29H25N3O/c1-21-27(26-16-7-8-17-28(26)32(21)20-22-10-3-2-4-11-22)19-30-31-29(33)18-24-14-9-13-23-12-5-6-15-25(23)24/h2-17,19H,18,20H2,1H3,(H,31,33)/b30-19-. The number of fused-ring (bicyclic) bond motifs is 2. The third-order valence-electron chi connectivity index (χ3n) is 6.08. The smallest absolute Gasteiger partial charge is 0.244 e. The number of amides is 1. The molecule has 1 N–H and O–H groups in total. The topological polar surface area (TPSA) is 46.4 Å². The normalized spacial score (nSPS) is 11.4. The number of nitrogens with zero attached hydrogens (tertiary/aromatic N) is 2. The average molecular weight is 432 g/mol. The summed E-state index contributed by atoms with van der Waals surface area (Å²) >= 11 is 0. The van der Waals surface area contributed by atoms with Gasteiger partial charge in [0.05, 0.1) is 12.6 Å². The van der Waals surface area contributed by atoms with E-state index < -0.39 is 0 Å². The summed E-state index contributed by atoms with van der Waals surface area (Å²) in [6, 6.07) is 32.9. The molecule has 4 aromatic carbocycles. The van der Waals surface area contributed by atoms with Crippen LogP contribution in [-0.4, -0.2) is 16.7 Å². The van der Waals surface area contributed by atoms with Gasteiger partial charge in [-0.3, -0.25) is 4.79 Å². The number of benzene rings is 4. The lowest BCUT2D eigenvalue weighted by Gasteiger charge is -2.08. The van der Waals surface area contributed by atoms with Gasteiger partial charge < -0.3 is 4.57 Å². The minimum atomic E-state index is -0.131. The molecule has 0 radical (unpaired) electrons. The zero-order chi connectivity index (χ0) is 22.6. The summed E-state index contributed by atoms with van der Waals surface area (Å²) in [5.41, 5.74) is 8.25.